The van der Waals surface area contributed by atoms with Crippen molar-refractivity contribution in [1.82, 2.24) is 5.32 Å². The second-order valence-corrected chi connectivity index (χ2v) is 4.58. The Morgan fingerprint density at radius 2 is 2.17 bits per heavy atom. The van der Waals surface area contributed by atoms with Gasteiger partial charge in [-0.05, 0) is 23.4 Å². The fourth-order valence-electron chi connectivity index (χ4n) is 1.44. The van der Waals surface area contributed by atoms with Crippen molar-refractivity contribution in [3.05, 3.63) is 21.9 Å². The van der Waals surface area contributed by atoms with Crippen LogP contribution in [0, 0.1) is 0 Å². The van der Waals surface area contributed by atoms with E-state index in [0.29, 0.717) is 11.3 Å². The summed E-state index contributed by atoms with van der Waals surface area (Å²) in [6.45, 7) is 1.90. The molecule has 1 aromatic rings. The third-order valence-corrected chi connectivity index (χ3v) is 3.30. The standard InChI is InChI=1S/C11H14N2O4S/c1-2-6-3-4-18-9(6)10(15)13-7(11(16)17)5-8(12)14/h3-4,7H,2,5H2,1H3,(H2,12,14)(H,13,15)(H,16,17)/t7-/m1/s1. The zero-order valence-electron chi connectivity index (χ0n) is 9.80. The Hall–Kier alpha value is -1.89. The molecule has 0 aliphatic carbocycles. The number of nitrogens with one attached hydrogen (secondary N) is 1. The van der Waals surface area contributed by atoms with Gasteiger partial charge < -0.3 is 16.2 Å². The maximum atomic E-state index is 11.9. The van der Waals surface area contributed by atoms with E-state index in [0.717, 1.165) is 5.56 Å². The van der Waals surface area contributed by atoms with Crippen LogP contribution in [0.2, 0.25) is 0 Å². The van der Waals surface area contributed by atoms with Crippen LogP contribution in [0.5, 0.6) is 0 Å². The van der Waals surface area contributed by atoms with E-state index in [9.17, 15) is 14.4 Å². The van der Waals surface area contributed by atoms with E-state index in [4.69, 9.17) is 10.8 Å². The molecule has 0 saturated heterocycles. The van der Waals surface area contributed by atoms with Gasteiger partial charge in [-0.2, -0.15) is 0 Å². The van der Waals surface area contributed by atoms with Gasteiger partial charge in [0, 0.05) is 0 Å². The molecule has 0 fully saturated rings. The van der Waals surface area contributed by atoms with Gasteiger partial charge in [0.25, 0.3) is 5.91 Å². The third-order valence-electron chi connectivity index (χ3n) is 2.34. The van der Waals surface area contributed by atoms with Crippen molar-refractivity contribution in [2.45, 2.75) is 25.8 Å². The maximum Gasteiger partial charge on any atom is 0.326 e. The molecule has 1 rings (SSSR count). The molecule has 1 aromatic heterocycles. The number of thiophene rings is 1. The van der Waals surface area contributed by atoms with E-state index in [-0.39, 0.29) is 0 Å². The minimum atomic E-state index is -1.29. The van der Waals surface area contributed by atoms with E-state index < -0.39 is 30.2 Å². The molecule has 4 N–H and O–H groups in total. The molecular weight excluding hydrogens is 256 g/mol. The van der Waals surface area contributed by atoms with Crippen LogP contribution in [0.3, 0.4) is 0 Å². The van der Waals surface area contributed by atoms with Crippen LogP contribution in [0.25, 0.3) is 0 Å². The number of nitrogens with two attached hydrogens (primary N) is 1. The van der Waals surface area contributed by atoms with Gasteiger partial charge in [-0.1, -0.05) is 6.92 Å². The third kappa shape index (κ3) is 3.56. The van der Waals surface area contributed by atoms with Gasteiger partial charge in [0.1, 0.15) is 6.04 Å². The summed E-state index contributed by atoms with van der Waals surface area (Å²) in [6, 6.07) is 0.519. The van der Waals surface area contributed by atoms with Crippen LogP contribution >= 0.6 is 11.3 Å². The first kappa shape index (κ1) is 14.2. The molecular formula is C11H14N2O4S. The number of carboxylic acids is 1. The minimum absolute atomic E-state index is 0.423. The minimum Gasteiger partial charge on any atom is -0.480 e. The molecule has 0 aromatic carbocycles. The van der Waals surface area contributed by atoms with Gasteiger partial charge in [-0.3, -0.25) is 9.59 Å². The summed E-state index contributed by atoms with van der Waals surface area (Å²) in [6.07, 6.45) is 0.258. The first-order valence-corrected chi connectivity index (χ1v) is 6.22. The first-order chi connectivity index (χ1) is 8.45. The molecule has 18 heavy (non-hydrogen) atoms. The number of primary amides is 1. The molecule has 2 amide bonds. The monoisotopic (exact) mass is 270 g/mol. The smallest absolute Gasteiger partial charge is 0.326 e. The Labute approximate surface area is 108 Å². The lowest BCUT2D eigenvalue weighted by molar-refractivity contribution is -0.140. The van der Waals surface area contributed by atoms with E-state index in [1.807, 2.05) is 13.0 Å². The lowest BCUT2D eigenvalue weighted by atomic mass is 10.1. The Balaban J connectivity index is 2.78. The number of rotatable bonds is 6. The molecule has 0 spiro atoms. The second kappa shape index (κ2) is 6.15. The van der Waals surface area contributed by atoms with Crippen molar-refractivity contribution in [1.29, 1.82) is 0 Å². The number of aryl methyl sites for hydroxylation is 1. The zero-order chi connectivity index (χ0) is 13.7. The van der Waals surface area contributed by atoms with Gasteiger partial charge in [-0.15, -0.1) is 11.3 Å². The van der Waals surface area contributed by atoms with Crippen molar-refractivity contribution < 1.29 is 19.5 Å². The van der Waals surface area contributed by atoms with E-state index >= 15 is 0 Å². The van der Waals surface area contributed by atoms with Crippen LogP contribution < -0.4 is 11.1 Å². The Morgan fingerprint density at radius 3 is 2.67 bits per heavy atom. The van der Waals surface area contributed by atoms with Crippen LogP contribution in [-0.4, -0.2) is 28.9 Å². The van der Waals surface area contributed by atoms with Gasteiger partial charge in [-0.25, -0.2) is 4.79 Å². The summed E-state index contributed by atoms with van der Waals surface area (Å²) in [5, 5.41) is 12.9. The van der Waals surface area contributed by atoms with Gasteiger partial charge in [0.15, 0.2) is 0 Å². The molecule has 0 aliphatic rings. The van der Waals surface area contributed by atoms with Crippen LogP contribution in [0.1, 0.15) is 28.6 Å². The fraction of sp³-hybridized carbons (Fsp3) is 0.364. The summed E-state index contributed by atoms with van der Waals surface area (Å²) >= 11 is 1.23. The predicted molar refractivity (Wildman–Crippen MR) is 66.4 cm³/mol. The number of amides is 2. The van der Waals surface area contributed by atoms with Crippen LogP contribution in [-0.2, 0) is 16.0 Å². The van der Waals surface area contributed by atoms with Crippen LogP contribution in [0.4, 0.5) is 0 Å². The van der Waals surface area contributed by atoms with Crippen molar-refractivity contribution in [3.63, 3.8) is 0 Å². The Bertz CT molecular complexity index is 469. The predicted octanol–water partition coefficient (Wildman–Crippen LogP) is 0.369. The lowest BCUT2D eigenvalue weighted by Gasteiger charge is -2.12. The van der Waals surface area contributed by atoms with Crippen molar-refractivity contribution in [2.75, 3.05) is 0 Å². The van der Waals surface area contributed by atoms with Gasteiger partial charge >= 0.3 is 5.97 Å². The fourth-order valence-corrected chi connectivity index (χ4v) is 2.34. The molecule has 0 saturated carbocycles. The molecule has 98 valence electrons. The topological polar surface area (TPSA) is 109 Å². The number of hydrogen-bond acceptors (Lipinski definition) is 4. The van der Waals surface area contributed by atoms with Gasteiger partial charge in [0.2, 0.25) is 5.91 Å². The van der Waals surface area contributed by atoms with E-state index in [1.165, 1.54) is 11.3 Å². The maximum absolute atomic E-state index is 11.9. The average molecular weight is 270 g/mol. The highest BCUT2D eigenvalue weighted by atomic mass is 32.1. The van der Waals surface area contributed by atoms with Crippen molar-refractivity contribution in [2.24, 2.45) is 5.73 Å². The summed E-state index contributed by atoms with van der Waals surface area (Å²) < 4.78 is 0. The summed E-state index contributed by atoms with van der Waals surface area (Å²) in [5.41, 5.74) is 5.78. The molecule has 7 heteroatoms. The van der Waals surface area contributed by atoms with Gasteiger partial charge in [0.05, 0.1) is 11.3 Å². The summed E-state index contributed by atoms with van der Waals surface area (Å²) in [7, 11) is 0. The number of carbonyl (C=O) groups excluding carboxylic acids is 2. The number of carbonyl (C=O) groups is 3. The molecule has 0 aliphatic heterocycles. The average Bonchev–Trinajstić information content (AvgIpc) is 2.75. The number of carboxylic acid groups (broad SMARTS) is 1. The van der Waals surface area contributed by atoms with Crippen LogP contribution in [0.15, 0.2) is 11.4 Å². The molecule has 1 heterocycles. The quantitative estimate of drug-likeness (QED) is 0.693. The normalized spacial score (nSPS) is 11.8. The summed E-state index contributed by atoms with van der Waals surface area (Å²) in [5.74, 6) is -2.54. The van der Waals surface area contributed by atoms with E-state index in [2.05, 4.69) is 5.32 Å². The number of hydrogen-bond donors (Lipinski definition) is 3. The molecule has 6 nitrogen and oxygen atoms in total. The molecule has 0 radical (unpaired) electrons. The second-order valence-electron chi connectivity index (χ2n) is 3.66. The molecule has 0 bridgehead atoms. The first-order valence-electron chi connectivity index (χ1n) is 5.34. The lowest BCUT2D eigenvalue weighted by Crippen LogP contribution is -2.43. The SMILES string of the molecule is CCc1ccsc1C(=O)N[C@H](CC(N)=O)C(=O)O. The van der Waals surface area contributed by atoms with Crippen molar-refractivity contribution in [3.8, 4) is 0 Å². The van der Waals surface area contributed by atoms with E-state index in [1.54, 1.807) is 5.38 Å². The zero-order valence-corrected chi connectivity index (χ0v) is 10.6. The molecule has 0 unspecified atom stereocenters. The largest absolute Gasteiger partial charge is 0.480 e. The number of aliphatic carboxylic acids is 1. The summed E-state index contributed by atoms with van der Waals surface area (Å²) in [4.78, 5) is 33.9. The highest BCUT2D eigenvalue weighted by Crippen LogP contribution is 2.17. The highest BCUT2D eigenvalue weighted by molar-refractivity contribution is 7.12. The van der Waals surface area contributed by atoms with Crippen molar-refractivity contribution >= 4 is 29.1 Å². The highest BCUT2D eigenvalue weighted by Gasteiger charge is 2.24. The molecule has 1 atom stereocenters. The Morgan fingerprint density at radius 1 is 1.50 bits per heavy atom. The Kier molecular flexibility index (Phi) is 4.85.